The number of carbonyl (C=O) groups is 1. The van der Waals surface area contributed by atoms with Crippen molar-refractivity contribution in [1.29, 1.82) is 0 Å². The molecule has 1 unspecified atom stereocenters. The minimum atomic E-state index is -3.80. The van der Waals surface area contributed by atoms with Gasteiger partial charge in [0.2, 0.25) is 15.9 Å². The second kappa shape index (κ2) is 11.4. The maximum absolute atomic E-state index is 12.2. The Balaban J connectivity index is 0.00000123. The summed E-state index contributed by atoms with van der Waals surface area (Å²) < 4.78 is 26.7. The number of carbonyl (C=O) groups excluding carboxylic acids is 1. The molecule has 0 heterocycles. The van der Waals surface area contributed by atoms with E-state index in [4.69, 9.17) is 5.73 Å². The van der Waals surface area contributed by atoms with E-state index in [0.29, 0.717) is 5.56 Å². The minimum Gasteiger partial charge on any atom is -0.368 e. The smallest absolute Gasteiger partial charge is 0.241 e. The molecule has 2 aromatic rings. The molecule has 2 aromatic carbocycles. The monoisotopic (exact) mass is 350 g/mol. The lowest BCUT2D eigenvalue weighted by molar-refractivity contribution is -0.119. The van der Waals surface area contributed by atoms with Gasteiger partial charge in [-0.15, -0.1) is 0 Å². The molecule has 1 atom stereocenters. The fourth-order valence-corrected chi connectivity index (χ4v) is 2.97. The van der Waals surface area contributed by atoms with E-state index < -0.39 is 22.0 Å². The zero-order valence-corrected chi connectivity index (χ0v) is 15.4. The van der Waals surface area contributed by atoms with E-state index in [0.717, 1.165) is 0 Å². The molecule has 0 aromatic heterocycles. The number of sulfonamides is 1. The summed E-state index contributed by atoms with van der Waals surface area (Å²) in [7, 11) is -3.80. The van der Waals surface area contributed by atoms with E-state index in [9.17, 15) is 13.2 Å². The fraction of sp³-hybridized carbons (Fsp3) is 0.278. The number of amides is 1. The predicted molar refractivity (Wildman–Crippen MR) is 97.8 cm³/mol. The van der Waals surface area contributed by atoms with Crippen molar-refractivity contribution in [2.75, 3.05) is 0 Å². The van der Waals surface area contributed by atoms with Gasteiger partial charge in [-0.1, -0.05) is 76.2 Å². The zero-order chi connectivity index (χ0) is 18.6. The Kier molecular flexibility index (Phi) is 10.3. The lowest BCUT2D eigenvalue weighted by atomic mass is 10.1. The van der Waals surface area contributed by atoms with Crippen LogP contribution in [-0.2, 0) is 14.8 Å². The van der Waals surface area contributed by atoms with E-state index >= 15 is 0 Å². The van der Waals surface area contributed by atoms with Gasteiger partial charge in [-0.25, -0.2) is 8.42 Å². The number of rotatable bonds is 5. The summed E-state index contributed by atoms with van der Waals surface area (Å²) in [5, 5.41) is 0. The summed E-state index contributed by atoms with van der Waals surface area (Å²) in [5.41, 5.74) is 5.79. The molecule has 0 saturated carbocycles. The quantitative estimate of drug-likeness (QED) is 0.867. The molecule has 0 aliphatic heterocycles. The van der Waals surface area contributed by atoms with Gasteiger partial charge in [0.25, 0.3) is 0 Å². The van der Waals surface area contributed by atoms with Gasteiger partial charge in [0.05, 0.1) is 4.90 Å². The molecule has 5 nitrogen and oxygen atoms in total. The zero-order valence-electron chi connectivity index (χ0n) is 14.6. The number of nitrogens with one attached hydrogen (secondary N) is 1. The predicted octanol–water partition coefficient (Wildman–Crippen LogP) is 3.24. The molecule has 2 rings (SSSR count). The third-order valence-electron chi connectivity index (χ3n) is 2.74. The Hall–Kier alpha value is -2.18. The number of hydrogen-bond acceptors (Lipinski definition) is 3. The van der Waals surface area contributed by atoms with Crippen LogP contribution in [0.5, 0.6) is 0 Å². The Morgan fingerprint density at radius 1 is 0.875 bits per heavy atom. The highest BCUT2D eigenvalue weighted by Gasteiger charge is 2.25. The van der Waals surface area contributed by atoms with Crippen LogP contribution in [0, 0.1) is 0 Å². The van der Waals surface area contributed by atoms with Gasteiger partial charge < -0.3 is 5.73 Å². The van der Waals surface area contributed by atoms with E-state index in [1.807, 2.05) is 27.7 Å². The van der Waals surface area contributed by atoms with Gasteiger partial charge in [0.1, 0.15) is 6.04 Å². The standard InChI is InChI=1S/C14H14N2O3S.2C2H6/c15-14(17)13(11-7-3-1-4-8-11)16-20(18,19)12-9-5-2-6-10-12;2*1-2/h1-10,13,16H,(H2,15,17);2*1-2H3. The van der Waals surface area contributed by atoms with Crippen molar-refractivity contribution in [3.8, 4) is 0 Å². The molecular weight excluding hydrogens is 324 g/mol. The first kappa shape index (κ1) is 21.8. The van der Waals surface area contributed by atoms with Crippen LogP contribution in [0.15, 0.2) is 65.6 Å². The molecule has 1 amide bonds. The molecule has 132 valence electrons. The van der Waals surface area contributed by atoms with Crippen molar-refractivity contribution < 1.29 is 13.2 Å². The van der Waals surface area contributed by atoms with Crippen molar-refractivity contribution in [2.45, 2.75) is 38.6 Å². The summed E-state index contributed by atoms with van der Waals surface area (Å²) in [6, 6.07) is 15.2. The molecule has 0 aliphatic carbocycles. The molecule has 24 heavy (non-hydrogen) atoms. The molecule has 6 heteroatoms. The molecular formula is C18H26N2O3S. The Labute approximate surface area is 145 Å². The summed E-state index contributed by atoms with van der Waals surface area (Å²) in [5.74, 6) is -0.754. The lowest BCUT2D eigenvalue weighted by Gasteiger charge is -2.16. The second-order valence-electron chi connectivity index (χ2n) is 4.18. The van der Waals surface area contributed by atoms with Gasteiger partial charge in [-0.05, 0) is 17.7 Å². The highest BCUT2D eigenvalue weighted by atomic mass is 32.2. The van der Waals surface area contributed by atoms with Gasteiger partial charge in [-0.2, -0.15) is 4.72 Å². The minimum absolute atomic E-state index is 0.0854. The topological polar surface area (TPSA) is 89.3 Å². The number of nitrogens with two attached hydrogens (primary N) is 1. The second-order valence-corrected chi connectivity index (χ2v) is 5.89. The van der Waals surface area contributed by atoms with Crippen LogP contribution in [0.1, 0.15) is 39.3 Å². The van der Waals surface area contributed by atoms with Gasteiger partial charge in [0.15, 0.2) is 0 Å². The van der Waals surface area contributed by atoms with Crippen LogP contribution in [0.4, 0.5) is 0 Å². The Bertz CT molecular complexity index is 687. The molecule has 3 N–H and O–H groups in total. The van der Waals surface area contributed by atoms with Crippen LogP contribution in [0.25, 0.3) is 0 Å². The third kappa shape index (κ3) is 6.52. The van der Waals surface area contributed by atoms with E-state index in [2.05, 4.69) is 4.72 Å². The highest BCUT2D eigenvalue weighted by molar-refractivity contribution is 7.89. The van der Waals surface area contributed by atoms with Crippen molar-refractivity contribution >= 4 is 15.9 Å². The van der Waals surface area contributed by atoms with Crippen LogP contribution in [0.2, 0.25) is 0 Å². The first-order valence-electron chi connectivity index (χ1n) is 7.92. The van der Waals surface area contributed by atoms with Crippen molar-refractivity contribution in [3.63, 3.8) is 0 Å². The molecule has 0 fully saturated rings. The maximum atomic E-state index is 12.2. The van der Waals surface area contributed by atoms with Gasteiger partial charge in [0, 0.05) is 0 Å². The van der Waals surface area contributed by atoms with E-state index in [-0.39, 0.29) is 4.90 Å². The molecule has 0 aliphatic rings. The molecule has 0 bridgehead atoms. The van der Waals surface area contributed by atoms with Crippen LogP contribution in [0.3, 0.4) is 0 Å². The Morgan fingerprint density at radius 2 is 1.29 bits per heavy atom. The summed E-state index contributed by atoms with van der Waals surface area (Å²) in [6.45, 7) is 8.00. The van der Waals surface area contributed by atoms with Crippen molar-refractivity contribution in [3.05, 3.63) is 66.2 Å². The summed E-state index contributed by atoms with van der Waals surface area (Å²) in [4.78, 5) is 11.6. The average Bonchev–Trinajstić information content (AvgIpc) is 2.64. The van der Waals surface area contributed by atoms with Crippen LogP contribution in [-0.4, -0.2) is 14.3 Å². The van der Waals surface area contributed by atoms with Crippen LogP contribution >= 0.6 is 0 Å². The van der Waals surface area contributed by atoms with Crippen molar-refractivity contribution in [1.82, 2.24) is 4.72 Å². The molecule has 0 spiro atoms. The summed E-state index contributed by atoms with van der Waals surface area (Å²) >= 11 is 0. The van der Waals surface area contributed by atoms with Crippen LogP contribution < -0.4 is 10.5 Å². The largest absolute Gasteiger partial charge is 0.368 e. The number of hydrogen-bond donors (Lipinski definition) is 2. The SMILES string of the molecule is CC.CC.NC(=O)C(NS(=O)(=O)c1ccccc1)c1ccccc1. The third-order valence-corrected chi connectivity index (χ3v) is 4.18. The fourth-order valence-electron chi connectivity index (χ4n) is 1.76. The first-order valence-corrected chi connectivity index (χ1v) is 9.40. The normalized spacial score (nSPS) is 11.2. The number of benzene rings is 2. The first-order chi connectivity index (χ1) is 11.5. The highest BCUT2D eigenvalue weighted by Crippen LogP contribution is 2.16. The maximum Gasteiger partial charge on any atom is 0.241 e. The molecule has 0 saturated heterocycles. The van der Waals surface area contributed by atoms with Gasteiger partial charge in [-0.3, -0.25) is 4.79 Å². The van der Waals surface area contributed by atoms with E-state index in [1.165, 1.54) is 12.1 Å². The number of primary amides is 1. The Morgan fingerprint density at radius 3 is 1.71 bits per heavy atom. The van der Waals surface area contributed by atoms with Crippen molar-refractivity contribution in [2.24, 2.45) is 5.73 Å². The van der Waals surface area contributed by atoms with Gasteiger partial charge >= 0.3 is 0 Å². The summed E-state index contributed by atoms with van der Waals surface area (Å²) in [6.07, 6.45) is 0. The average molecular weight is 350 g/mol. The lowest BCUT2D eigenvalue weighted by Crippen LogP contribution is -2.37. The molecule has 0 radical (unpaired) electrons. The van der Waals surface area contributed by atoms with E-state index in [1.54, 1.807) is 48.5 Å².